The summed E-state index contributed by atoms with van der Waals surface area (Å²) in [5.74, 6) is -1.02. The molecule has 0 aromatic carbocycles. The van der Waals surface area contributed by atoms with Crippen molar-refractivity contribution in [2.45, 2.75) is 10.6 Å². The molecule has 2 N–H and O–H groups in total. The van der Waals surface area contributed by atoms with Gasteiger partial charge in [0.05, 0.1) is 12.0 Å². The van der Waals surface area contributed by atoms with Gasteiger partial charge in [-0.25, -0.2) is 8.42 Å². The first-order valence-electron chi connectivity index (χ1n) is 5.23. The number of carbonyl (C=O) groups is 1. The van der Waals surface area contributed by atoms with Crippen molar-refractivity contribution in [1.29, 1.82) is 5.26 Å². The van der Waals surface area contributed by atoms with Gasteiger partial charge in [0, 0.05) is 4.88 Å². The summed E-state index contributed by atoms with van der Waals surface area (Å²) < 4.78 is 26.6. The monoisotopic (exact) mass is 328 g/mol. The maximum atomic E-state index is 12.1. The van der Waals surface area contributed by atoms with Crippen molar-refractivity contribution >= 4 is 43.7 Å². The Balaban J connectivity index is 2.25. The molecule has 0 atom stereocenters. The molecule has 0 saturated carbocycles. The maximum Gasteiger partial charge on any atom is 0.308 e. The van der Waals surface area contributed by atoms with Gasteiger partial charge in [-0.3, -0.25) is 9.52 Å². The summed E-state index contributed by atoms with van der Waals surface area (Å²) in [6, 6.07) is 6.23. The average Bonchev–Trinajstić information content (AvgIpc) is 2.97. The van der Waals surface area contributed by atoms with Gasteiger partial charge in [0.2, 0.25) is 0 Å². The Morgan fingerprint density at radius 3 is 2.80 bits per heavy atom. The number of aliphatic carboxylic acids is 1. The van der Waals surface area contributed by atoms with E-state index in [0.717, 1.165) is 22.7 Å². The second kappa shape index (κ2) is 5.62. The highest BCUT2D eigenvalue weighted by Gasteiger charge is 2.19. The van der Waals surface area contributed by atoms with Crippen molar-refractivity contribution in [3.8, 4) is 6.07 Å². The van der Waals surface area contributed by atoms with E-state index in [1.165, 1.54) is 18.2 Å². The molecule has 0 saturated heterocycles. The Hall–Kier alpha value is -1.89. The lowest BCUT2D eigenvalue weighted by atomic mass is 10.3. The fourth-order valence-corrected chi connectivity index (χ4v) is 4.81. The smallest absolute Gasteiger partial charge is 0.308 e. The summed E-state index contributed by atoms with van der Waals surface area (Å²) >= 11 is 2.00. The van der Waals surface area contributed by atoms with Gasteiger partial charge < -0.3 is 5.11 Å². The van der Waals surface area contributed by atoms with Crippen LogP contribution in [-0.4, -0.2) is 19.5 Å². The number of carboxylic acids is 1. The number of sulfonamides is 1. The Kier molecular flexibility index (Phi) is 4.08. The summed E-state index contributed by atoms with van der Waals surface area (Å²) in [5.41, 5.74) is 0.251. The van der Waals surface area contributed by atoms with E-state index < -0.39 is 16.0 Å². The second-order valence-electron chi connectivity index (χ2n) is 3.67. The highest BCUT2D eigenvalue weighted by molar-refractivity contribution is 7.94. The van der Waals surface area contributed by atoms with Gasteiger partial charge in [-0.15, -0.1) is 22.7 Å². The molecule has 0 amide bonds. The van der Waals surface area contributed by atoms with E-state index in [-0.39, 0.29) is 21.2 Å². The molecular weight excluding hydrogens is 320 g/mol. The van der Waals surface area contributed by atoms with Crippen molar-refractivity contribution in [1.82, 2.24) is 0 Å². The van der Waals surface area contributed by atoms with Crippen LogP contribution in [-0.2, 0) is 21.2 Å². The van der Waals surface area contributed by atoms with Crippen molar-refractivity contribution in [3.63, 3.8) is 0 Å². The molecule has 0 bridgehead atoms. The van der Waals surface area contributed by atoms with Crippen molar-refractivity contribution in [2.75, 3.05) is 4.72 Å². The highest BCUT2D eigenvalue weighted by atomic mass is 32.2. The van der Waals surface area contributed by atoms with Gasteiger partial charge in [0.25, 0.3) is 10.0 Å². The zero-order valence-electron chi connectivity index (χ0n) is 9.86. The van der Waals surface area contributed by atoms with E-state index >= 15 is 0 Å². The normalized spacial score (nSPS) is 10.9. The third-order valence-electron chi connectivity index (χ3n) is 2.24. The van der Waals surface area contributed by atoms with Crippen LogP contribution < -0.4 is 4.72 Å². The first kappa shape index (κ1) is 14.5. The third-order valence-corrected chi connectivity index (χ3v) is 6.13. The second-order valence-corrected chi connectivity index (χ2v) is 7.67. The predicted octanol–water partition coefficient (Wildman–Crippen LogP) is 2.11. The SMILES string of the molecule is N#Cc1ccsc1NS(=O)(=O)c1ccc(CC(=O)O)s1. The molecule has 20 heavy (non-hydrogen) atoms. The summed E-state index contributed by atoms with van der Waals surface area (Å²) in [7, 11) is -3.80. The van der Waals surface area contributed by atoms with Crippen LogP contribution in [0.4, 0.5) is 5.00 Å². The van der Waals surface area contributed by atoms with Gasteiger partial charge in [-0.05, 0) is 23.6 Å². The fourth-order valence-electron chi connectivity index (χ4n) is 1.40. The molecule has 0 fully saturated rings. The van der Waals surface area contributed by atoms with Crippen molar-refractivity contribution < 1.29 is 18.3 Å². The van der Waals surface area contributed by atoms with Gasteiger partial charge in [0.15, 0.2) is 0 Å². The standard InChI is InChI=1S/C11H8N2O4S3/c12-6-7-3-4-18-11(7)13-20(16,17)10-2-1-8(19-10)5-9(14)15/h1-4,13H,5H2,(H,14,15). The van der Waals surface area contributed by atoms with Gasteiger partial charge >= 0.3 is 5.97 Å². The largest absolute Gasteiger partial charge is 0.481 e. The number of hydrogen-bond acceptors (Lipinski definition) is 6. The van der Waals surface area contributed by atoms with Crippen LogP contribution in [0.3, 0.4) is 0 Å². The topological polar surface area (TPSA) is 107 Å². The van der Waals surface area contributed by atoms with Crippen LogP contribution in [0, 0.1) is 11.3 Å². The Labute approximate surface area is 123 Å². The van der Waals surface area contributed by atoms with Crippen LogP contribution in [0.2, 0.25) is 0 Å². The summed E-state index contributed by atoms with van der Waals surface area (Å²) in [6.45, 7) is 0. The van der Waals surface area contributed by atoms with E-state index in [0.29, 0.717) is 4.88 Å². The van der Waals surface area contributed by atoms with Crippen molar-refractivity contribution in [2.24, 2.45) is 0 Å². The van der Waals surface area contributed by atoms with Crippen LogP contribution >= 0.6 is 22.7 Å². The van der Waals surface area contributed by atoms with Crippen LogP contribution in [0.25, 0.3) is 0 Å². The van der Waals surface area contributed by atoms with Gasteiger partial charge in [-0.2, -0.15) is 5.26 Å². The zero-order valence-corrected chi connectivity index (χ0v) is 12.3. The Bertz CT molecular complexity index is 783. The maximum absolute atomic E-state index is 12.1. The lowest BCUT2D eigenvalue weighted by Gasteiger charge is -2.03. The minimum absolute atomic E-state index is 0.0195. The van der Waals surface area contributed by atoms with E-state index in [4.69, 9.17) is 10.4 Å². The molecule has 2 aromatic heterocycles. The van der Waals surface area contributed by atoms with Crippen molar-refractivity contribution in [3.05, 3.63) is 34.0 Å². The molecule has 104 valence electrons. The molecule has 0 unspecified atom stereocenters. The first-order chi connectivity index (χ1) is 9.42. The number of anilines is 1. The molecule has 2 aromatic rings. The zero-order chi connectivity index (χ0) is 14.8. The molecular formula is C11H8N2O4S3. The quantitative estimate of drug-likeness (QED) is 0.874. The number of carboxylic acid groups (broad SMARTS) is 1. The third kappa shape index (κ3) is 3.16. The van der Waals surface area contributed by atoms with Gasteiger partial charge in [-0.1, -0.05) is 0 Å². The Morgan fingerprint density at radius 1 is 1.40 bits per heavy atom. The molecule has 2 heterocycles. The minimum atomic E-state index is -3.80. The van der Waals surface area contributed by atoms with E-state index in [9.17, 15) is 13.2 Å². The molecule has 2 rings (SSSR count). The molecule has 6 nitrogen and oxygen atoms in total. The number of thiophene rings is 2. The lowest BCUT2D eigenvalue weighted by molar-refractivity contribution is -0.136. The fraction of sp³-hybridized carbons (Fsp3) is 0.0909. The molecule has 0 radical (unpaired) electrons. The van der Waals surface area contributed by atoms with Crippen LogP contribution in [0.5, 0.6) is 0 Å². The molecule has 0 aliphatic carbocycles. The Morgan fingerprint density at radius 2 is 2.15 bits per heavy atom. The molecule has 0 aliphatic rings. The number of hydrogen-bond donors (Lipinski definition) is 2. The first-order valence-corrected chi connectivity index (χ1v) is 8.41. The number of rotatable bonds is 5. The van der Waals surface area contributed by atoms with E-state index in [1.807, 2.05) is 6.07 Å². The molecule has 9 heteroatoms. The number of nitrogens with zero attached hydrogens (tertiary/aromatic N) is 1. The summed E-state index contributed by atoms with van der Waals surface area (Å²) in [4.78, 5) is 11.0. The number of nitrogens with one attached hydrogen (secondary N) is 1. The van der Waals surface area contributed by atoms with Gasteiger partial charge in [0.1, 0.15) is 15.3 Å². The number of nitriles is 1. The highest BCUT2D eigenvalue weighted by Crippen LogP contribution is 2.28. The van der Waals surface area contributed by atoms with E-state index in [1.54, 1.807) is 5.38 Å². The average molecular weight is 328 g/mol. The summed E-state index contributed by atoms with van der Waals surface area (Å²) in [5, 5.41) is 19.4. The molecule has 0 spiro atoms. The minimum Gasteiger partial charge on any atom is -0.481 e. The van der Waals surface area contributed by atoms with Crippen LogP contribution in [0.15, 0.2) is 27.8 Å². The lowest BCUT2D eigenvalue weighted by Crippen LogP contribution is -2.11. The summed E-state index contributed by atoms with van der Waals surface area (Å²) in [6.07, 6.45) is -0.220. The predicted molar refractivity (Wildman–Crippen MR) is 75.5 cm³/mol. The van der Waals surface area contributed by atoms with E-state index in [2.05, 4.69) is 4.72 Å². The van der Waals surface area contributed by atoms with Crippen LogP contribution in [0.1, 0.15) is 10.4 Å². The molecule has 0 aliphatic heterocycles.